The molecule has 1 unspecified atom stereocenters. The lowest BCUT2D eigenvalue weighted by Crippen LogP contribution is -2.24. The van der Waals surface area contributed by atoms with Gasteiger partial charge in [0.15, 0.2) is 0 Å². The van der Waals surface area contributed by atoms with Crippen LogP contribution in [0.2, 0.25) is 0 Å². The van der Waals surface area contributed by atoms with Crippen molar-refractivity contribution in [1.82, 2.24) is 10.3 Å². The van der Waals surface area contributed by atoms with E-state index in [-0.39, 0.29) is 0 Å². The van der Waals surface area contributed by atoms with Crippen LogP contribution in [0.4, 0.5) is 0 Å². The van der Waals surface area contributed by atoms with Crippen molar-refractivity contribution < 1.29 is 0 Å². The first-order chi connectivity index (χ1) is 10.1. The van der Waals surface area contributed by atoms with Crippen LogP contribution in [0.5, 0.6) is 0 Å². The summed E-state index contributed by atoms with van der Waals surface area (Å²) in [5.41, 5.74) is 5.25. The number of nitrogens with one attached hydrogen (secondary N) is 1. The van der Waals surface area contributed by atoms with Crippen LogP contribution in [0.1, 0.15) is 41.6 Å². The molecule has 2 aromatic rings. The normalized spacial score (nSPS) is 12.4. The predicted molar refractivity (Wildman–Crippen MR) is 92.6 cm³/mol. The number of halogens is 1. The Morgan fingerprint density at radius 2 is 1.81 bits per heavy atom. The van der Waals surface area contributed by atoms with E-state index in [4.69, 9.17) is 0 Å². The van der Waals surface area contributed by atoms with Gasteiger partial charge >= 0.3 is 0 Å². The molecule has 1 aromatic heterocycles. The van der Waals surface area contributed by atoms with E-state index in [1.165, 1.54) is 22.3 Å². The van der Waals surface area contributed by atoms with Gasteiger partial charge in [-0.2, -0.15) is 0 Å². The molecule has 0 amide bonds. The molecule has 0 radical (unpaired) electrons. The van der Waals surface area contributed by atoms with Crippen LogP contribution < -0.4 is 5.32 Å². The molecule has 3 heteroatoms. The quantitative estimate of drug-likeness (QED) is 0.816. The molecule has 21 heavy (non-hydrogen) atoms. The van der Waals surface area contributed by atoms with Gasteiger partial charge in [0.1, 0.15) is 0 Å². The lowest BCUT2D eigenvalue weighted by atomic mass is 9.96. The monoisotopic (exact) mass is 346 g/mol. The standard InChI is InChI=1S/C18H23BrN2/c1-4-5-21-18(10-15-9-17(19)12-20-11-15)16-7-13(2)6-14(3)8-16/h6-9,11-12,18,21H,4-5,10H2,1-3H3. The highest BCUT2D eigenvalue weighted by molar-refractivity contribution is 9.10. The van der Waals surface area contributed by atoms with Crippen molar-refractivity contribution in [1.29, 1.82) is 0 Å². The van der Waals surface area contributed by atoms with E-state index in [0.29, 0.717) is 6.04 Å². The molecule has 0 fully saturated rings. The zero-order valence-electron chi connectivity index (χ0n) is 13.0. The van der Waals surface area contributed by atoms with Crippen molar-refractivity contribution in [2.45, 2.75) is 39.7 Å². The highest BCUT2D eigenvalue weighted by Crippen LogP contribution is 2.22. The van der Waals surface area contributed by atoms with Gasteiger partial charge in [0.05, 0.1) is 0 Å². The lowest BCUT2D eigenvalue weighted by Gasteiger charge is -2.20. The maximum absolute atomic E-state index is 4.27. The maximum Gasteiger partial charge on any atom is 0.0410 e. The van der Waals surface area contributed by atoms with Crippen molar-refractivity contribution >= 4 is 15.9 Å². The summed E-state index contributed by atoms with van der Waals surface area (Å²) in [7, 11) is 0. The summed E-state index contributed by atoms with van der Waals surface area (Å²) in [6.45, 7) is 7.55. The minimum atomic E-state index is 0.333. The van der Waals surface area contributed by atoms with E-state index in [1.54, 1.807) is 0 Å². The van der Waals surface area contributed by atoms with Crippen LogP contribution in [0.25, 0.3) is 0 Å². The number of hydrogen-bond donors (Lipinski definition) is 1. The second-order valence-corrected chi connectivity index (χ2v) is 6.56. The largest absolute Gasteiger partial charge is 0.310 e. The molecule has 0 aliphatic rings. The molecule has 112 valence electrons. The van der Waals surface area contributed by atoms with Gasteiger partial charge in [0.25, 0.3) is 0 Å². The van der Waals surface area contributed by atoms with Gasteiger partial charge in [-0.25, -0.2) is 0 Å². The Hall–Kier alpha value is -1.19. The van der Waals surface area contributed by atoms with E-state index < -0.39 is 0 Å². The highest BCUT2D eigenvalue weighted by atomic mass is 79.9. The van der Waals surface area contributed by atoms with Crippen LogP contribution in [-0.4, -0.2) is 11.5 Å². The third-order valence-corrected chi connectivity index (χ3v) is 3.92. The van der Waals surface area contributed by atoms with Gasteiger partial charge in [-0.15, -0.1) is 0 Å². The molecule has 0 aliphatic carbocycles. The second kappa shape index (κ2) is 7.71. The topological polar surface area (TPSA) is 24.9 Å². The number of nitrogens with zero attached hydrogens (tertiary/aromatic N) is 1. The summed E-state index contributed by atoms with van der Waals surface area (Å²) in [4.78, 5) is 4.27. The average Bonchev–Trinajstić information content (AvgIpc) is 2.42. The van der Waals surface area contributed by atoms with Crippen LogP contribution in [0, 0.1) is 13.8 Å². The smallest absolute Gasteiger partial charge is 0.0410 e. The fourth-order valence-corrected chi connectivity index (χ4v) is 3.05. The molecule has 1 aromatic carbocycles. The third-order valence-electron chi connectivity index (χ3n) is 3.49. The molecule has 2 rings (SSSR count). The van der Waals surface area contributed by atoms with Crippen molar-refractivity contribution in [3.05, 3.63) is 63.4 Å². The maximum atomic E-state index is 4.27. The average molecular weight is 347 g/mol. The highest BCUT2D eigenvalue weighted by Gasteiger charge is 2.13. The van der Waals surface area contributed by atoms with Gasteiger partial charge in [-0.1, -0.05) is 36.2 Å². The molecule has 0 spiro atoms. The Bertz CT molecular complexity index is 575. The van der Waals surface area contributed by atoms with Crippen LogP contribution in [0.15, 0.2) is 41.1 Å². The van der Waals surface area contributed by atoms with Crippen molar-refractivity contribution in [3.8, 4) is 0 Å². The summed E-state index contributed by atoms with van der Waals surface area (Å²) >= 11 is 3.50. The summed E-state index contributed by atoms with van der Waals surface area (Å²) in [6, 6.07) is 9.27. The molecule has 1 heterocycles. The Kier molecular flexibility index (Phi) is 5.95. The molecular weight excluding hydrogens is 324 g/mol. The minimum Gasteiger partial charge on any atom is -0.310 e. The number of benzene rings is 1. The molecule has 0 saturated carbocycles. The fourth-order valence-electron chi connectivity index (χ4n) is 2.64. The summed E-state index contributed by atoms with van der Waals surface area (Å²) in [6.07, 6.45) is 5.87. The Balaban J connectivity index is 2.25. The first-order valence-electron chi connectivity index (χ1n) is 7.49. The van der Waals surface area contributed by atoms with E-state index in [2.05, 4.69) is 71.3 Å². The van der Waals surface area contributed by atoms with E-state index in [0.717, 1.165) is 23.9 Å². The van der Waals surface area contributed by atoms with E-state index >= 15 is 0 Å². The number of aromatic nitrogens is 1. The third kappa shape index (κ3) is 4.94. The van der Waals surface area contributed by atoms with Gasteiger partial charge in [-0.05, 0) is 66.4 Å². The summed E-state index contributed by atoms with van der Waals surface area (Å²) in [5.74, 6) is 0. The van der Waals surface area contributed by atoms with Gasteiger partial charge in [0.2, 0.25) is 0 Å². The molecule has 0 saturated heterocycles. The molecule has 0 bridgehead atoms. The molecule has 2 nitrogen and oxygen atoms in total. The first-order valence-corrected chi connectivity index (χ1v) is 8.28. The Labute approximate surface area is 136 Å². The van der Waals surface area contributed by atoms with Crippen LogP contribution in [0.3, 0.4) is 0 Å². The minimum absolute atomic E-state index is 0.333. The molecular formula is C18H23BrN2. The molecule has 1 N–H and O–H groups in total. The summed E-state index contributed by atoms with van der Waals surface area (Å²) in [5, 5.41) is 3.67. The first kappa shape index (κ1) is 16.2. The number of hydrogen-bond acceptors (Lipinski definition) is 2. The SMILES string of the molecule is CCCNC(Cc1cncc(Br)c1)c1cc(C)cc(C)c1. The lowest BCUT2D eigenvalue weighted by molar-refractivity contribution is 0.528. The molecule has 0 aliphatic heterocycles. The Morgan fingerprint density at radius 1 is 1.10 bits per heavy atom. The van der Waals surface area contributed by atoms with Gasteiger partial charge in [-0.3, -0.25) is 4.98 Å². The van der Waals surface area contributed by atoms with Crippen molar-refractivity contribution in [2.24, 2.45) is 0 Å². The second-order valence-electron chi connectivity index (χ2n) is 5.64. The van der Waals surface area contributed by atoms with Crippen molar-refractivity contribution in [2.75, 3.05) is 6.54 Å². The summed E-state index contributed by atoms with van der Waals surface area (Å²) < 4.78 is 1.04. The van der Waals surface area contributed by atoms with E-state index in [1.807, 2.05) is 12.4 Å². The van der Waals surface area contributed by atoms with Crippen molar-refractivity contribution in [3.63, 3.8) is 0 Å². The van der Waals surface area contributed by atoms with Crippen LogP contribution in [-0.2, 0) is 6.42 Å². The fraction of sp³-hybridized carbons (Fsp3) is 0.389. The number of pyridine rings is 1. The van der Waals surface area contributed by atoms with Gasteiger partial charge in [0, 0.05) is 22.9 Å². The number of aryl methyl sites for hydroxylation is 2. The zero-order valence-corrected chi connectivity index (χ0v) is 14.6. The van der Waals surface area contributed by atoms with Crippen LogP contribution >= 0.6 is 15.9 Å². The molecule has 1 atom stereocenters. The predicted octanol–water partition coefficient (Wildman–Crippen LogP) is 4.74. The number of rotatable bonds is 6. The van der Waals surface area contributed by atoms with E-state index in [9.17, 15) is 0 Å². The zero-order chi connectivity index (χ0) is 15.2. The Morgan fingerprint density at radius 3 is 2.43 bits per heavy atom. The van der Waals surface area contributed by atoms with Gasteiger partial charge < -0.3 is 5.32 Å².